The number of benzene rings is 1. The van der Waals surface area contributed by atoms with Gasteiger partial charge in [0.25, 0.3) is 6.01 Å². The second-order valence-electron chi connectivity index (χ2n) is 6.40. The fraction of sp³-hybridized carbons (Fsp3) is 0.533. The van der Waals surface area contributed by atoms with Gasteiger partial charge in [-0.3, -0.25) is 0 Å². The van der Waals surface area contributed by atoms with Crippen molar-refractivity contribution in [3.05, 3.63) is 18.2 Å². The Kier molecular flexibility index (Phi) is 1.73. The average molecular weight is 255 g/mol. The van der Waals surface area contributed by atoms with Gasteiger partial charge >= 0.3 is 0 Å². The highest BCUT2D eigenvalue weighted by molar-refractivity contribution is 5.78. The smallest absolute Gasteiger partial charge is 0.295 e. The van der Waals surface area contributed by atoms with Crippen LogP contribution in [0.4, 0.5) is 11.7 Å². The lowest BCUT2D eigenvalue weighted by Crippen LogP contribution is -2.12. The van der Waals surface area contributed by atoms with E-state index in [1.54, 1.807) is 0 Å². The van der Waals surface area contributed by atoms with Crippen LogP contribution in [0.5, 0.6) is 0 Å². The first kappa shape index (κ1) is 10.1. The number of nitrogen functional groups attached to an aromatic ring is 1. The van der Waals surface area contributed by atoms with Crippen LogP contribution in [0.3, 0.4) is 0 Å². The van der Waals surface area contributed by atoms with Gasteiger partial charge in [-0.2, -0.15) is 4.98 Å². The van der Waals surface area contributed by atoms with E-state index in [4.69, 9.17) is 10.2 Å². The molecule has 0 saturated heterocycles. The Labute approximate surface area is 111 Å². The molecule has 1 aromatic carbocycles. The van der Waals surface area contributed by atoms with E-state index in [1.807, 2.05) is 18.2 Å². The SMILES string of the molecule is Nc1ccc2nc(NC3C4C5CCC(C5)C34)oc2c1. The van der Waals surface area contributed by atoms with Crippen LogP contribution in [0.1, 0.15) is 19.3 Å². The van der Waals surface area contributed by atoms with E-state index in [-0.39, 0.29) is 0 Å². The van der Waals surface area contributed by atoms with Gasteiger partial charge < -0.3 is 15.5 Å². The van der Waals surface area contributed by atoms with Crippen LogP contribution < -0.4 is 11.1 Å². The summed E-state index contributed by atoms with van der Waals surface area (Å²) in [6.45, 7) is 0. The number of fused-ring (bicyclic) bond motifs is 6. The van der Waals surface area contributed by atoms with Gasteiger partial charge in [0.1, 0.15) is 5.52 Å². The van der Waals surface area contributed by atoms with Crippen molar-refractivity contribution in [3.8, 4) is 0 Å². The molecule has 0 radical (unpaired) electrons. The van der Waals surface area contributed by atoms with Crippen molar-refractivity contribution >= 4 is 22.8 Å². The highest BCUT2D eigenvalue weighted by Crippen LogP contribution is 2.66. The molecular weight excluding hydrogens is 238 g/mol. The summed E-state index contributed by atoms with van der Waals surface area (Å²) in [4.78, 5) is 4.50. The number of hydrogen-bond donors (Lipinski definition) is 2. The molecule has 3 aliphatic rings. The maximum Gasteiger partial charge on any atom is 0.295 e. The van der Waals surface area contributed by atoms with E-state index in [0.29, 0.717) is 12.1 Å². The predicted molar refractivity (Wildman–Crippen MR) is 73.6 cm³/mol. The average Bonchev–Trinajstić information content (AvgIpc) is 2.79. The van der Waals surface area contributed by atoms with Crippen molar-refractivity contribution in [2.45, 2.75) is 25.3 Å². The summed E-state index contributed by atoms with van der Waals surface area (Å²) in [5.74, 6) is 3.71. The summed E-state index contributed by atoms with van der Waals surface area (Å²) in [6, 6.07) is 6.89. The van der Waals surface area contributed by atoms with Crippen LogP contribution in [-0.2, 0) is 0 Å². The molecule has 4 nitrogen and oxygen atoms in total. The minimum Gasteiger partial charge on any atom is -0.423 e. The van der Waals surface area contributed by atoms with Crippen molar-refractivity contribution < 1.29 is 4.42 Å². The Morgan fingerprint density at radius 2 is 2.00 bits per heavy atom. The Hall–Kier alpha value is -1.71. The van der Waals surface area contributed by atoms with Gasteiger partial charge in [-0.25, -0.2) is 0 Å². The lowest BCUT2D eigenvalue weighted by Gasteiger charge is -2.08. The fourth-order valence-corrected chi connectivity index (χ4v) is 4.66. The molecule has 2 aromatic rings. The molecule has 0 spiro atoms. The summed E-state index contributed by atoms with van der Waals surface area (Å²) in [6.07, 6.45) is 4.35. The normalized spacial score (nSPS) is 38.6. The molecule has 0 aliphatic heterocycles. The maximum atomic E-state index is 5.76. The molecule has 19 heavy (non-hydrogen) atoms. The summed E-state index contributed by atoms with van der Waals surface area (Å²) in [5, 5.41) is 3.51. The summed E-state index contributed by atoms with van der Waals surface area (Å²) in [5.41, 5.74) is 8.13. The van der Waals surface area contributed by atoms with E-state index in [2.05, 4.69) is 10.3 Å². The second kappa shape index (κ2) is 3.24. The Morgan fingerprint density at radius 3 is 2.79 bits per heavy atom. The van der Waals surface area contributed by atoms with Crippen molar-refractivity contribution in [2.75, 3.05) is 11.1 Å². The maximum absolute atomic E-state index is 5.76. The van der Waals surface area contributed by atoms with Crippen LogP contribution in [0.15, 0.2) is 22.6 Å². The molecule has 5 rings (SSSR count). The Morgan fingerprint density at radius 1 is 1.21 bits per heavy atom. The van der Waals surface area contributed by atoms with Crippen LogP contribution >= 0.6 is 0 Å². The van der Waals surface area contributed by atoms with Gasteiger partial charge in [-0.05, 0) is 55.1 Å². The molecule has 98 valence electrons. The number of rotatable bonds is 2. The number of aromatic nitrogens is 1. The standard InChI is InChI=1S/C15H17N3O/c16-9-3-4-10-11(6-9)19-15(17-10)18-14-12-7-1-2-8(5-7)13(12)14/h3-4,6-8,12-14H,1-2,5,16H2,(H,17,18). The predicted octanol–water partition coefficient (Wildman–Crippen LogP) is 2.87. The van der Waals surface area contributed by atoms with Crippen molar-refractivity contribution in [3.63, 3.8) is 0 Å². The lowest BCUT2D eigenvalue weighted by atomic mass is 10.0. The second-order valence-corrected chi connectivity index (χ2v) is 6.40. The molecule has 4 unspecified atom stereocenters. The van der Waals surface area contributed by atoms with Gasteiger partial charge in [0.2, 0.25) is 0 Å². The molecule has 3 fully saturated rings. The van der Waals surface area contributed by atoms with Crippen molar-refractivity contribution in [1.82, 2.24) is 4.98 Å². The van der Waals surface area contributed by atoms with E-state index < -0.39 is 0 Å². The summed E-state index contributed by atoms with van der Waals surface area (Å²) in [7, 11) is 0. The first-order valence-corrected chi connectivity index (χ1v) is 7.22. The third-order valence-corrected chi connectivity index (χ3v) is 5.44. The minimum absolute atomic E-state index is 0.608. The molecule has 2 bridgehead atoms. The number of nitrogens with zero attached hydrogens (tertiary/aromatic N) is 1. The molecule has 1 heterocycles. The summed E-state index contributed by atoms with van der Waals surface area (Å²) < 4.78 is 5.75. The fourth-order valence-electron chi connectivity index (χ4n) is 4.66. The third kappa shape index (κ3) is 1.32. The van der Waals surface area contributed by atoms with Crippen molar-refractivity contribution in [2.24, 2.45) is 23.7 Å². The topological polar surface area (TPSA) is 64.1 Å². The van der Waals surface area contributed by atoms with Gasteiger partial charge in [0.15, 0.2) is 5.58 Å². The summed E-state index contributed by atoms with van der Waals surface area (Å²) >= 11 is 0. The number of hydrogen-bond acceptors (Lipinski definition) is 4. The molecule has 4 atom stereocenters. The van der Waals surface area contributed by atoms with Gasteiger partial charge in [-0.1, -0.05) is 0 Å². The van der Waals surface area contributed by atoms with Crippen LogP contribution in [0.2, 0.25) is 0 Å². The number of nitrogens with two attached hydrogens (primary N) is 1. The minimum atomic E-state index is 0.608. The largest absolute Gasteiger partial charge is 0.423 e. The van der Waals surface area contributed by atoms with E-state index in [0.717, 1.165) is 40.5 Å². The van der Waals surface area contributed by atoms with Gasteiger partial charge in [0.05, 0.1) is 0 Å². The Bertz CT molecular complexity index is 648. The third-order valence-electron chi connectivity index (χ3n) is 5.44. The zero-order valence-corrected chi connectivity index (χ0v) is 10.7. The van der Waals surface area contributed by atoms with E-state index in [1.165, 1.54) is 19.3 Å². The van der Waals surface area contributed by atoms with Crippen LogP contribution in [0, 0.1) is 23.7 Å². The van der Waals surface area contributed by atoms with Crippen LogP contribution in [-0.4, -0.2) is 11.0 Å². The van der Waals surface area contributed by atoms with E-state index in [9.17, 15) is 0 Å². The number of anilines is 2. The first-order valence-electron chi connectivity index (χ1n) is 7.22. The molecule has 3 saturated carbocycles. The zero-order chi connectivity index (χ0) is 12.6. The molecule has 3 N–H and O–H groups in total. The Balaban J connectivity index is 1.41. The first-order chi connectivity index (χ1) is 9.29. The molecule has 1 aromatic heterocycles. The van der Waals surface area contributed by atoms with Crippen LogP contribution in [0.25, 0.3) is 11.1 Å². The molecule has 0 amide bonds. The molecule has 4 heteroatoms. The monoisotopic (exact) mass is 255 g/mol. The number of oxazole rings is 1. The molecular formula is C15H17N3O. The zero-order valence-electron chi connectivity index (χ0n) is 10.7. The van der Waals surface area contributed by atoms with Gasteiger partial charge in [-0.15, -0.1) is 0 Å². The molecule has 3 aliphatic carbocycles. The van der Waals surface area contributed by atoms with E-state index >= 15 is 0 Å². The number of nitrogens with one attached hydrogen (secondary N) is 1. The van der Waals surface area contributed by atoms with Gasteiger partial charge in [0, 0.05) is 17.8 Å². The highest BCUT2D eigenvalue weighted by atomic mass is 16.4. The highest BCUT2D eigenvalue weighted by Gasteiger charge is 2.65. The lowest BCUT2D eigenvalue weighted by molar-refractivity contribution is 0.456. The van der Waals surface area contributed by atoms with Crippen molar-refractivity contribution in [1.29, 1.82) is 0 Å². The quantitative estimate of drug-likeness (QED) is 0.810.